The van der Waals surface area contributed by atoms with Gasteiger partial charge in [-0.1, -0.05) is 72.2 Å². The van der Waals surface area contributed by atoms with Gasteiger partial charge in [-0.15, -0.1) is 34.9 Å². The Morgan fingerprint density at radius 2 is 1.48 bits per heavy atom. The van der Waals surface area contributed by atoms with Gasteiger partial charge in [0, 0.05) is 32.2 Å². The number of rotatable bonds is 5. The van der Waals surface area contributed by atoms with Gasteiger partial charge in [-0.05, 0) is 90.6 Å². The van der Waals surface area contributed by atoms with Crippen LogP contribution in [-0.4, -0.2) is 27.4 Å². The average Bonchev–Trinajstić information content (AvgIpc) is 3.09. The van der Waals surface area contributed by atoms with Gasteiger partial charge in [-0.25, -0.2) is 0 Å². The van der Waals surface area contributed by atoms with E-state index < -0.39 is 0 Å². The fourth-order valence-corrected chi connectivity index (χ4v) is 7.92. The summed E-state index contributed by atoms with van der Waals surface area (Å²) in [6, 6.07) is 18.0. The van der Waals surface area contributed by atoms with Crippen LogP contribution in [0.4, 0.5) is 0 Å². The van der Waals surface area contributed by atoms with E-state index in [0.717, 1.165) is 55.3 Å². The number of fused-ring (bicyclic) bond motifs is 2. The zero-order chi connectivity index (χ0) is 28.2. The molecule has 3 nitrogen and oxygen atoms in total. The number of hydrogen-bond donors (Lipinski definition) is 2. The first kappa shape index (κ1) is 32.9. The molecule has 1 heterocycles. The largest absolute Gasteiger partial charge is 0.392 e. The van der Waals surface area contributed by atoms with Crippen LogP contribution in [0.3, 0.4) is 0 Å². The fraction of sp³-hybridized carbons (Fsp3) is 0.583. The van der Waals surface area contributed by atoms with E-state index in [-0.39, 0.29) is 49.1 Å². The summed E-state index contributed by atoms with van der Waals surface area (Å²) in [6.45, 7) is 13.0. The van der Waals surface area contributed by atoms with E-state index in [1.165, 1.54) is 35.6 Å². The van der Waals surface area contributed by atoms with Crippen LogP contribution in [0.2, 0.25) is 0 Å². The molecule has 0 saturated heterocycles. The molecule has 1 radical (unpaired) electrons. The third-order valence-electron chi connectivity index (χ3n) is 10.7. The van der Waals surface area contributed by atoms with Crippen LogP contribution < -0.4 is 0 Å². The molecule has 1 aromatic heterocycles. The van der Waals surface area contributed by atoms with Gasteiger partial charge in [-0.2, -0.15) is 0 Å². The van der Waals surface area contributed by atoms with Crippen LogP contribution in [0.15, 0.2) is 48.7 Å². The molecule has 0 aliphatic heterocycles. The molecule has 0 bridgehead atoms. The number of pyridine rings is 1. The van der Waals surface area contributed by atoms with Gasteiger partial charge in [0.15, 0.2) is 0 Å². The number of hydrogen-bond acceptors (Lipinski definition) is 3. The Kier molecular flexibility index (Phi) is 11.6. The van der Waals surface area contributed by atoms with Gasteiger partial charge < -0.3 is 15.2 Å². The minimum atomic E-state index is -0.326. The second kappa shape index (κ2) is 14.1. The van der Waals surface area contributed by atoms with Crippen molar-refractivity contribution in [2.75, 3.05) is 0 Å². The molecular formula is C36H50IrNO2-. The minimum absolute atomic E-state index is 0. The topological polar surface area (TPSA) is 53.4 Å². The molecule has 2 aromatic carbocycles. The van der Waals surface area contributed by atoms with Gasteiger partial charge in [0.05, 0.1) is 12.2 Å². The summed E-state index contributed by atoms with van der Waals surface area (Å²) < 4.78 is 0. The molecule has 2 N–H and O–H groups in total. The zero-order valence-electron chi connectivity index (χ0n) is 25.5. The van der Waals surface area contributed by atoms with E-state index in [1.54, 1.807) is 0 Å². The molecule has 2 aliphatic rings. The third kappa shape index (κ3) is 6.41. The van der Waals surface area contributed by atoms with Crippen molar-refractivity contribution in [2.45, 2.75) is 112 Å². The minimum Gasteiger partial charge on any atom is -0.392 e. The smallest absolute Gasteiger partial charge is 0.0651 e. The summed E-state index contributed by atoms with van der Waals surface area (Å²) in [5.41, 5.74) is 4.56. The first-order valence-electron chi connectivity index (χ1n) is 15.4. The molecule has 0 spiro atoms. The summed E-state index contributed by atoms with van der Waals surface area (Å²) in [4.78, 5) is 4.53. The number of nitrogens with zero attached hydrogens (tertiary/aromatic N) is 1. The number of aryl methyl sites for hydroxylation is 2. The van der Waals surface area contributed by atoms with E-state index in [0.29, 0.717) is 5.92 Å². The third-order valence-corrected chi connectivity index (χ3v) is 10.7. The Labute approximate surface area is 256 Å². The van der Waals surface area contributed by atoms with Crippen molar-refractivity contribution in [2.24, 2.45) is 22.7 Å². The maximum atomic E-state index is 11.2. The van der Waals surface area contributed by atoms with Gasteiger partial charge in [-0.3, -0.25) is 0 Å². The van der Waals surface area contributed by atoms with Crippen molar-refractivity contribution < 1.29 is 30.3 Å². The molecule has 2 fully saturated rings. The predicted molar refractivity (Wildman–Crippen MR) is 164 cm³/mol. The Balaban J connectivity index is 0.000000217. The van der Waals surface area contributed by atoms with Crippen molar-refractivity contribution in [1.82, 2.24) is 4.98 Å². The summed E-state index contributed by atoms with van der Waals surface area (Å²) >= 11 is 0. The second-order valence-electron chi connectivity index (χ2n) is 12.4. The van der Waals surface area contributed by atoms with Crippen LogP contribution in [0.5, 0.6) is 0 Å². The first-order chi connectivity index (χ1) is 18.7. The monoisotopic (exact) mass is 721 g/mol. The number of aromatic nitrogens is 1. The summed E-state index contributed by atoms with van der Waals surface area (Å²) in [5.74, 6) is 0.627. The molecule has 4 atom stereocenters. The van der Waals surface area contributed by atoms with Crippen molar-refractivity contribution in [3.05, 3.63) is 65.9 Å². The molecule has 2 saturated carbocycles. The Morgan fingerprint density at radius 1 is 0.850 bits per heavy atom. The Morgan fingerprint density at radius 3 is 2.10 bits per heavy atom. The first-order valence-corrected chi connectivity index (χ1v) is 15.4. The predicted octanol–water partition coefficient (Wildman–Crippen LogP) is 8.85. The van der Waals surface area contributed by atoms with E-state index in [1.807, 2.05) is 12.3 Å². The number of benzene rings is 2. The van der Waals surface area contributed by atoms with Gasteiger partial charge in [0.1, 0.15) is 0 Å². The molecule has 40 heavy (non-hydrogen) atoms. The van der Waals surface area contributed by atoms with E-state index in [2.05, 4.69) is 89.0 Å². The van der Waals surface area contributed by atoms with E-state index in [4.69, 9.17) is 0 Å². The van der Waals surface area contributed by atoms with Crippen molar-refractivity contribution in [1.29, 1.82) is 0 Å². The maximum Gasteiger partial charge on any atom is 0.0651 e. The van der Waals surface area contributed by atoms with E-state index in [9.17, 15) is 10.2 Å². The zero-order valence-corrected chi connectivity index (χ0v) is 27.9. The van der Waals surface area contributed by atoms with Gasteiger partial charge >= 0.3 is 0 Å². The molecule has 5 rings (SSSR count). The van der Waals surface area contributed by atoms with Crippen LogP contribution in [0.1, 0.15) is 96.6 Å². The summed E-state index contributed by atoms with van der Waals surface area (Å²) in [5, 5.41) is 24.8. The quantitative estimate of drug-likeness (QED) is 0.259. The van der Waals surface area contributed by atoms with E-state index >= 15 is 0 Å². The van der Waals surface area contributed by atoms with Crippen LogP contribution >= 0.6 is 0 Å². The number of aliphatic hydroxyl groups excluding tert-OH is 2. The molecule has 221 valence electrons. The molecule has 3 aromatic rings. The fourth-order valence-electron chi connectivity index (χ4n) is 7.92. The normalized spacial score (nSPS) is 25.1. The number of aliphatic hydroxyl groups is 2. The van der Waals surface area contributed by atoms with Crippen LogP contribution in [-0.2, 0) is 20.1 Å². The standard InChI is InChI=1S/C19H36O2.C17H14N.Ir/c1-5-18(6-2)12-9-10-14-11-13-19(7-3,8-4)17(21)15(14)16(18)20;1-12-9-13(2)11-15(10-12)17-16-6-4-3-5-14(16)7-8-18-17;/h14-17,20-21H,5-13H2,1-4H3;3-10H,1-2H3;/q;-1;. The molecular weight excluding hydrogens is 671 g/mol. The Bertz CT molecular complexity index is 1210. The summed E-state index contributed by atoms with van der Waals surface area (Å²) in [7, 11) is 0. The molecule has 4 heteroatoms. The van der Waals surface area contributed by atoms with Crippen LogP contribution in [0, 0.1) is 42.6 Å². The van der Waals surface area contributed by atoms with Crippen molar-refractivity contribution in [3.63, 3.8) is 0 Å². The SMILES string of the molecule is CCC1(CC)CCCC2CCC(CC)(CC)C(O)C2C1O.Cc1[c-]c(-c2nccc3ccccc23)cc(C)c1.[Ir]. The Hall–Kier alpha value is -1.58. The maximum absolute atomic E-state index is 11.2. The van der Waals surface area contributed by atoms with Gasteiger partial charge in [0.25, 0.3) is 0 Å². The average molecular weight is 721 g/mol. The molecule has 2 aliphatic carbocycles. The van der Waals surface area contributed by atoms with Crippen molar-refractivity contribution in [3.8, 4) is 11.3 Å². The van der Waals surface area contributed by atoms with Crippen molar-refractivity contribution >= 4 is 10.8 Å². The van der Waals surface area contributed by atoms with Gasteiger partial charge in [0.2, 0.25) is 0 Å². The summed E-state index contributed by atoms with van der Waals surface area (Å²) in [6.07, 6.45) is 11.2. The van der Waals surface area contributed by atoms with Crippen LogP contribution in [0.25, 0.3) is 22.0 Å². The molecule has 4 unspecified atom stereocenters. The second-order valence-corrected chi connectivity index (χ2v) is 12.4. The molecule has 0 amide bonds.